The summed E-state index contributed by atoms with van der Waals surface area (Å²) in [6.07, 6.45) is 1.35. The Bertz CT molecular complexity index is 390. The van der Waals surface area contributed by atoms with E-state index in [2.05, 4.69) is 10.6 Å². The maximum atomic E-state index is 12.2. The number of amides is 4. The Kier molecular flexibility index (Phi) is 5.35. The molecule has 0 radical (unpaired) electrons. The van der Waals surface area contributed by atoms with E-state index >= 15 is 0 Å². The fourth-order valence-electron chi connectivity index (χ4n) is 1.96. The second-order valence-electron chi connectivity index (χ2n) is 5.74. The lowest BCUT2D eigenvalue weighted by molar-refractivity contribution is -0.130. The highest BCUT2D eigenvalue weighted by atomic mass is 16.6. The van der Waals surface area contributed by atoms with Gasteiger partial charge in [-0.3, -0.25) is 9.69 Å². The molecule has 20 heavy (non-hydrogen) atoms. The molecule has 7 heteroatoms. The number of alkyl carbamates (subject to hydrolysis) is 1. The van der Waals surface area contributed by atoms with Gasteiger partial charge in [-0.25, -0.2) is 9.59 Å². The Morgan fingerprint density at radius 3 is 2.50 bits per heavy atom. The van der Waals surface area contributed by atoms with Crippen molar-refractivity contribution in [1.82, 2.24) is 15.5 Å². The second kappa shape index (κ2) is 6.58. The van der Waals surface area contributed by atoms with Gasteiger partial charge in [-0.2, -0.15) is 0 Å². The number of nitrogens with zero attached hydrogens (tertiary/aromatic N) is 1. The van der Waals surface area contributed by atoms with Crippen molar-refractivity contribution in [3.8, 4) is 0 Å². The van der Waals surface area contributed by atoms with Gasteiger partial charge in [-0.1, -0.05) is 0 Å². The molecule has 1 aliphatic rings. The van der Waals surface area contributed by atoms with Crippen LogP contribution in [0.5, 0.6) is 0 Å². The summed E-state index contributed by atoms with van der Waals surface area (Å²) in [4.78, 5) is 36.7. The van der Waals surface area contributed by atoms with E-state index in [0.29, 0.717) is 13.0 Å². The lowest BCUT2D eigenvalue weighted by Gasteiger charge is -2.25. The number of likely N-dealkylation sites (tertiary alicyclic amines) is 1. The molecule has 0 aliphatic carbocycles. The summed E-state index contributed by atoms with van der Waals surface area (Å²) in [5.41, 5.74) is -0.627. The molecule has 0 unspecified atom stereocenters. The summed E-state index contributed by atoms with van der Waals surface area (Å²) in [6, 6.07) is -1.17. The van der Waals surface area contributed by atoms with Gasteiger partial charge in [-0.15, -0.1) is 0 Å². The maximum Gasteiger partial charge on any atom is 0.408 e. The van der Waals surface area contributed by atoms with Crippen LogP contribution in [0.4, 0.5) is 9.59 Å². The van der Waals surface area contributed by atoms with Crippen LogP contribution in [0.15, 0.2) is 0 Å². The minimum absolute atomic E-state index is 0.366. The first-order chi connectivity index (χ1) is 9.24. The minimum atomic E-state index is -0.718. The average Bonchev–Trinajstić information content (AvgIpc) is 2.49. The number of nitrogens with one attached hydrogen (secondary N) is 2. The number of carbonyl (C=O) groups is 3. The van der Waals surface area contributed by atoms with E-state index in [1.807, 2.05) is 0 Å². The molecule has 1 atom stereocenters. The number of rotatable bonds is 1. The summed E-state index contributed by atoms with van der Waals surface area (Å²) in [6.45, 7) is 5.61. The van der Waals surface area contributed by atoms with Crippen LogP contribution in [0.25, 0.3) is 0 Å². The number of imide groups is 1. The molecule has 114 valence electrons. The van der Waals surface area contributed by atoms with Gasteiger partial charge in [0, 0.05) is 13.6 Å². The molecule has 1 saturated heterocycles. The first-order valence-electron chi connectivity index (χ1n) is 6.77. The average molecular weight is 285 g/mol. The molecular weight excluding hydrogens is 262 g/mol. The van der Waals surface area contributed by atoms with Gasteiger partial charge in [0.25, 0.3) is 5.91 Å². The van der Waals surface area contributed by atoms with Gasteiger partial charge in [-0.05, 0) is 40.0 Å². The van der Waals surface area contributed by atoms with Crippen molar-refractivity contribution >= 4 is 18.0 Å². The number of carbonyl (C=O) groups excluding carboxylic acids is 3. The van der Waals surface area contributed by atoms with E-state index in [1.165, 1.54) is 7.05 Å². The van der Waals surface area contributed by atoms with Crippen molar-refractivity contribution in [1.29, 1.82) is 0 Å². The van der Waals surface area contributed by atoms with Crippen LogP contribution in [0, 0.1) is 0 Å². The van der Waals surface area contributed by atoms with E-state index < -0.39 is 29.7 Å². The predicted molar refractivity (Wildman–Crippen MR) is 73.2 cm³/mol. The summed E-state index contributed by atoms with van der Waals surface area (Å²) < 4.78 is 5.13. The predicted octanol–water partition coefficient (Wildman–Crippen LogP) is 1.23. The largest absolute Gasteiger partial charge is 0.444 e. The third-order valence-corrected chi connectivity index (χ3v) is 2.84. The molecular formula is C13H23N3O4. The van der Waals surface area contributed by atoms with Crippen molar-refractivity contribution in [2.24, 2.45) is 0 Å². The van der Waals surface area contributed by atoms with E-state index in [1.54, 1.807) is 20.8 Å². The molecule has 4 amide bonds. The van der Waals surface area contributed by atoms with Gasteiger partial charge in [0.1, 0.15) is 11.6 Å². The van der Waals surface area contributed by atoms with Crippen LogP contribution >= 0.6 is 0 Å². The summed E-state index contributed by atoms with van der Waals surface area (Å²) in [5, 5.41) is 4.97. The molecule has 7 nitrogen and oxygen atoms in total. The fraction of sp³-hybridized carbons (Fsp3) is 0.769. The summed E-state index contributed by atoms with van der Waals surface area (Å²) >= 11 is 0. The van der Waals surface area contributed by atoms with Crippen LogP contribution in [-0.2, 0) is 9.53 Å². The maximum absolute atomic E-state index is 12.2. The normalized spacial score (nSPS) is 20.1. The molecule has 1 heterocycles. The van der Waals surface area contributed by atoms with Crippen LogP contribution in [0.3, 0.4) is 0 Å². The number of urea groups is 1. The highest BCUT2D eigenvalue weighted by Gasteiger charge is 2.32. The van der Waals surface area contributed by atoms with Gasteiger partial charge < -0.3 is 15.4 Å². The molecule has 1 fully saturated rings. The lowest BCUT2D eigenvalue weighted by Crippen LogP contribution is -2.52. The molecule has 2 N–H and O–H groups in total. The Balaban J connectivity index is 2.70. The van der Waals surface area contributed by atoms with Crippen molar-refractivity contribution in [2.45, 2.75) is 51.7 Å². The third-order valence-electron chi connectivity index (χ3n) is 2.84. The van der Waals surface area contributed by atoms with Gasteiger partial charge in [0.2, 0.25) is 0 Å². The SMILES string of the molecule is CNC(=O)N1CCCC[C@@H](NC(=O)OC(C)(C)C)C1=O. The van der Waals surface area contributed by atoms with Crippen LogP contribution in [0.2, 0.25) is 0 Å². The van der Waals surface area contributed by atoms with Crippen molar-refractivity contribution in [3.05, 3.63) is 0 Å². The minimum Gasteiger partial charge on any atom is -0.444 e. The van der Waals surface area contributed by atoms with Crippen molar-refractivity contribution < 1.29 is 19.1 Å². The van der Waals surface area contributed by atoms with Crippen LogP contribution in [-0.4, -0.2) is 48.2 Å². The Morgan fingerprint density at radius 1 is 1.30 bits per heavy atom. The van der Waals surface area contributed by atoms with Crippen LogP contribution in [0.1, 0.15) is 40.0 Å². The van der Waals surface area contributed by atoms with E-state index in [9.17, 15) is 14.4 Å². The lowest BCUT2D eigenvalue weighted by atomic mass is 10.1. The van der Waals surface area contributed by atoms with Gasteiger partial charge in [0.15, 0.2) is 0 Å². The van der Waals surface area contributed by atoms with E-state index in [0.717, 1.165) is 17.7 Å². The van der Waals surface area contributed by atoms with Crippen molar-refractivity contribution in [2.75, 3.05) is 13.6 Å². The number of hydrogen-bond acceptors (Lipinski definition) is 4. The fourth-order valence-corrected chi connectivity index (χ4v) is 1.96. The quantitative estimate of drug-likeness (QED) is 0.758. The Labute approximate surface area is 119 Å². The highest BCUT2D eigenvalue weighted by Crippen LogP contribution is 2.14. The highest BCUT2D eigenvalue weighted by molar-refractivity contribution is 5.98. The number of hydrogen-bond donors (Lipinski definition) is 2. The van der Waals surface area contributed by atoms with Gasteiger partial charge in [0.05, 0.1) is 0 Å². The Morgan fingerprint density at radius 2 is 1.95 bits per heavy atom. The molecule has 1 rings (SSSR count). The zero-order chi connectivity index (χ0) is 15.3. The topological polar surface area (TPSA) is 87.7 Å². The molecule has 0 aromatic heterocycles. The van der Waals surface area contributed by atoms with E-state index in [-0.39, 0.29) is 0 Å². The van der Waals surface area contributed by atoms with Gasteiger partial charge >= 0.3 is 12.1 Å². The van der Waals surface area contributed by atoms with Crippen LogP contribution < -0.4 is 10.6 Å². The standard InChI is InChI=1S/C13H23N3O4/c1-13(2,3)20-12(19)15-9-7-5-6-8-16(10(9)17)11(18)14-4/h9H,5-8H2,1-4H3,(H,14,18)(H,15,19)/t9-/m1/s1. The van der Waals surface area contributed by atoms with E-state index in [4.69, 9.17) is 4.74 Å². The molecule has 0 aromatic carbocycles. The first kappa shape index (κ1) is 16.3. The zero-order valence-electron chi connectivity index (χ0n) is 12.5. The first-order valence-corrected chi connectivity index (χ1v) is 6.77. The molecule has 0 saturated carbocycles. The second-order valence-corrected chi connectivity index (χ2v) is 5.74. The molecule has 1 aliphatic heterocycles. The summed E-state index contributed by atoms with van der Waals surface area (Å²) in [7, 11) is 1.47. The number of ether oxygens (including phenoxy) is 1. The molecule has 0 bridgehead atoms. The third kappa shape index (κ3) is 4.71. The smallest absolute Gasteiger partial charge is 0.408 e. The molecule has 0 aromatic rings. The molecule has 0 spiro atoms. The zero-order valence-corrected chi connectivity index (χ0v) is 12.5. The monoisotopic (exact) mass is 285 g/mol. The Hall–Kier alpha value is -1.79. The summed E-state index contributed by atoms with van der Waals surface area (Å²) in [5.74, 6) is -0.396. The van der Waals surface area contributed by atoms with Crippen molar-refractivity contribution in [3.63, 3.8) is 0 Å².